The van der Waals surface area contributed by atoms with Crippen molar-refractivity contribution in [2.75, 3.05) is 32.1 Å². The van der Waals surface area contributed by atoms with Gasteiger partial charge in [-0.3, -0.25) is 0 Å². The molecule has 0 saturated carbocycles. The summed E-state index contributed by atoms with van der Waals surface area (Å²) in [6.07, 6.45) is 8.72. The number of likely N-dealkylation sites (tertiary alicyclic amines) is 1. The zero-order valence-corrected chi connectivity index (χ0v) is 11.8. The third-order valence-corrected chi connectivity index (χ3v) is 3.73. The Morgan fingerprint density at radius 1 is 1.39 bits per heavy atom. The highest BCUT2D eigenvalue weighted by Gasteiger charge is 2.22. The standard InChI is InChI=1S/C14H24N4/c1-4-6-12-9-15-14(16-10-12)18(3)11-13-7-5-8-17(13)2/h9-10,13H,4-8,11H2,1-3H3/t13-/m0/s1. The van der Waals surface area contributed by atoms with Gasteiger partial charge in [0.15, 0.2) is 0 Å². The molecule has 1 aromatic rings. The van der Waals surface area contributed by atoms with E-state index in [0.717, 1.165) is 25.3 Å². The van der Waals surface area contributed by atoms with E-state index in [1.807, 2.05) is 12.4 Å². The summed E-state index contributed by atoms with van der Waals surface area (Å²) < 4.78 is 0. The average Bonchev–Trinajstić information content (AvgIpc) is 2.76. The second-order valence-electron chi connectivity index (χ2n) is 5.30. The lowest BCUT2D eigenvalue weighted by Gasteiger charge is -2.25. The van der Waals surface area contributed by atoms with E-state index in [2.05, 4.69) is 40.8 Å². The van der Waals surface area contributed by atoms with E-state index in [0.29, 0.717) is 6.04 Å². The smallest absolute Gasteiger partial charge is 0.225 e. The van der Waals surface area contributed by atoms with E-state index < -0.39 is 0 Å². The first-order valence-electron chi connectivity index (χ1n) is 6.93. The molecule has 1 fully saturated rings. The van der Waals surface area contributed by atoms with Crippen molar-refractivity contribution in [2.45, 2.75) is 38.6 Å². The maximum absolute atomic E-state index is 4.46. The molecule has 0 bridgehead atoms. The summed E-state index contributed by atoms with van der Waals surface area (Å²) in [6.45, 7) is 4.41. The average molecular weight is 248 g/mol. The van der Waals surface area contributed by atoms with E-state index in [1.54, 1.807) is 0 Å². The maximum atomic E-state index is 4.46. The van der Waals surface area contributed by atoms with Crippen molar-refractivity contribution >= 4 is 5.95 Å². The van der Waals surface area contributed by atoms with Gasteiger partial charge in [-0.2, -0.15) is 0 Å². The number of aryl methyl sites for hydroxylation is 1. The molecule has 0 aliphatic carbocycles. The Morgan fingerprint density at radius 2 is 2.11 bits per heavy atom. The van der Waals surface area contributed by atoms with Crippen LogP contribution >= 0.6 is 0 Å². The van der Waals surface area contributed by atoms with Gasteiger partial charge in [-0.25, -0.2) is 9.97 Å². The third kappa shape index (κ3) is 3.19. The SMILES string of the molecule is CCCc1cnc(N(C)C[C@@H]2CCCN2C)nc1. The van der Waals surface area contributed by atoms with Crippen molar-refractivity contribution in [3.05, 3.63) is 18.0 Å². The van der Waals surface area contributed by atoms with Crippen molar-refractivity contribution in [3.63, 3.8) is 0 Å². The summed E-state index contributed by atoms with van der Waals surface area (Å²) in [5, 5.41) is 0. The number of rotatable bonds is 5. The first-order chi connectivity index (χ1) is 8.70. The Kier molecular flexibility index (Phi) is 4.53. The number of likely N-dealkylation sites (N-methyl/N-ethyl adjacent to an activating group) is 2. The molecule has 18 heavy (non-hydrogen) atoms. The van der Waals surface area contributed by atoms with E-state index >= 15 is 0 Å². The maximum Gasteiger partial charge on any atom is 0.225 e. The second kappa shape index (κ2) is 6.14. The van der Waals surface area contributed by atoms with Gasteiger partial charge in [0, 0.05) is 32.0 Å². The third-order valence-electron chi connectivity index (χ3n) is 3.73. The van der Waals surface area contributed by atoms with Gasteiger partial charge in [0.05, 0.1) is 0 Å². The summed E-state index contributed by atoms with van der Waals surface area (Å²) in [5.41, 5.74) is 1.23. The van der Waals surface area contributed by atoms with Crippen LogP contribution in [-0.2, 0) is 6.42 Å². The summed E-state index contributed by atoms with van der Waals surface area (Å²) in [4.78, 5) is 13.5. The fourth-order valence-corrected chi connectivity index (χ4v) is 2.57. The molecule has 0 spiro atoms. The van der Waals surface area contributed by atoms with Crippen molar-refractivity contribution < 1.29 is 0 Å². The topological polar surface area (TPSA) is 32.3 Å². The molecule has 4 nitrogen and oxygen atoms in total. The highest BCUT2D eigenvalue weighted by Crippen LogP contribution is 2.17. The first-order valence-corrected chi connectivity index (χ1v) is 6.93. The quantitative estimate of drug-likeness (QED) is 0.797. The molecule has 1 aromatic heterocycles. The lowest BCUT2D eigenvalue weighted by atomic mass is 10.2. The van der Waals surface area contributed by atoms with Crippen LogP contribution in [0.15, 0.2) is 12.4 Å². The molecule has 1 aliphatic heterocycles. The summed E-state index contributed by atoms with van der Waals surface area (Å²) in [6, 6.07) is 0.647. The molecule has 1 saturated heterocycles. The second-order valence-corrected chi connectivity index (χ2v) is 5.30. The van der Waals surface area contributed by atoms with Crippen LogP contribution in [0.2, 0.25) is 0 Å². The van der Waals surface area contributed by atoms with E-state index in [-0.39, 0.29) is 0 Å². The molecule has 2 heterocycles. The Morgan fingerprint density at radius 3 is 2.67 bits per heavy atom. The molecule has 0 radical (unpaired) electrons. The molecule has 2 rings (SSSR count). The molecule has 1 aliphatic rings. The fourth-order valence-electron chi connectivity index (χ4n) is 2.57. The van der Waals surface area contributed by atoms with Crippen LogP contribution < -0.4 is 4.90 Å². The van der Waals surface area contributed by atoms with Crippen molar-refractivity contribution in [2.24, 2.45) is 0 Å². The van der Waals surface area contributed by atoms with Crippen molar-refractivity contribution in [3.8, 4) is 0 Å². The van der Waals surface area contributed by atoms with Gasteiger partial charge < -0.3 is 9.80 Å². The number of hydrogen-bond donors (Lipinski definition) is 0. The number of anilines is 1. The molecule has 0 N–H and O–H groups in total. The molecule has 100 valence electrons. The molecule has 0 unspecified atom stereocenters. The zero-order chi connectivity index (χ0) is 13.0. The van der Waals surface area contributed by atoms with Crippen molar-refractivity contribution in [1.29, 1.82) is 0 Å². The molecular formula is C14H24N4. The van der Waals surface area contributed by atoms with Crippen molar-refractivity contribution in [1.82, 2.24) is 14.9 Å². The molecular weight excluding hydrogens is 224 g/mol. The Hall–Kier alpha value is -1.16. The van der Waals surface area contributed by atoms with E-state index in [1.165, 1.54) is 24.9 Å². The minimum absolute atomic E-state index is 0.647. The highest BCUT2D eigenvalue weighted by molar-refractivity contribution is 5.28. The van der Waals surface area contributed by atoms with Crippen LogP contribution in [0.5, 0.6) is 0 Å². The zero-order valence-electron chi connectivity index (χ0n) is 11.8. The van der Waals surface area contributed by atoms with Crippen LogP contribution in [0.3, 0.4) is 0 Å². The highest BCUT2D eigenvalue weighted by atomic mass is 15.3. The van der Waals surface area contributed by atoms with Crippen LogP contribution in [0.4, 0.5) is 5.95 Å². The van der Waals surface area contributed by atoms with Crippen LogP contribution in [0.1, 0.15) is 31.7 Å². The molecule has 4 heteroatoms. The lowest BCUT2D eigenvalue weighted by molar-refractivity contribution is 0.313. The Bertz CT molecular complexity index is 363. The van der Waals surface area contributed by atoms with Gasteiger partial charge in [0.2, 0.25) is 5.95 Å². The molecule has 1 atom stereocenters. The first kappa shape index (κ1) is 13.3. The van der Waals surface area contributed by atoms with Crippen LogP contribution in [-0.4, -0.2) is 48.1 Å². The minimum atomic E-state index is 0.647. The summed E-state index contributed by atoms with van der Waals surface area (Å²) >= 11 is 0. The predicted octanol–water partition coefficient (Wildman–Crippen LogP) is 1.96. The Labute approximate surface area is 110 Å². The van der Waals surface area contributed by atoms with Gasteiger partial charge in [-0.15, -0.1) is 0 Å². The Balaban J connectivity index is 1.93. The van der Waals surface area contributed by atoms with E-state index in [4.69, 9.17) is 0 Å². The number of hydrogen-bond acceptors (Lipinski definition) is 4. The van der Waals surface area contributed by atoms with Crippen LogP contribution in [0.25, 0.3) is 0 Å². The van der Waals surface area contributed by atoms with Gasteiger partial charge >= 0.3 is 0 Å². The number of nitrogens with zero attached hydrogens (tertiary/aromatic N) is 4. The number of aromatic nitrogens is 2. The molecule has 0 aromatic carbocycles. The lowest BCUT2D eigenvalue weighted by Crippen LogP contribution is -2.37. The van der Waals surface area contributed by atoms with Gasteiger partial charge in [-0.1, -0.05) is 13.3 Å². The van der Waals surface area contributed by atoms with Gasteiger partial charge in [-0.05, 0) is 38.4 Å². The largest absolute Gasteiger partial charge is 0.342 e. The summed E-state index contributed by atoms with van der Waals surface area (Å²) in [5.74, 6) is 0.843. The van der Waals surface area contributed by atoms with E-state index in [9.17, 15) is 0 Å². The predicted molar refractivity (Wildman–Crippen MR) is 74.9 cm³/mol. The summed E-state index contributed by atoms with van der Waals surface area (Å²) in [7, 11) is 4.29. The van der Waals surface area contributed by atoms with Gasteiger partial charge in [0.25, 0.3) is 0 Å². The molecule has 0 amide bonds. The van der Waals surface area contributed by atoms with Crippen LogP contribution in [0, 0.1) is 0 Å². The fraction of sp³-hybridized carbons (Fsp3) is 0.714. The normalized spacial score (nSPS) is 20.3. The monoisotopic (exact) mass is 248 g/mol. The van der Waals surface area contributed by atoms with Gasteiger partial charge in [0.1, 0.15) is 0 Å². The minimum Gasteiger partial charge on any atom is -0.342 e.